The number of hydrogen-bond donors (Lipinski definition) is 0. The molecule has 3 rings (SSSR count). The number of rotatable bonds is 2. The molecule has 1 aromatic heterocycles. The third-order valence-corrected chi connectivity index (χ3v) is 7.16. The molecule has 2 aliphatic rings. The molecule has 2 unspecified atom stereocenters. The second-order valence-corrected chi connectivity index (χ2v) is 8.12. The normalized spacial score (nSPS) is 32.2. The summed E-state index contributed by atoms with van der Waals surface area (Å²) < 4.78 is 24.0. The van der Waals surface area contributed by atoms with Gasteiger partial charge in [-0.05, 0) is 44.2 Å². The van der Waals surface area contributed by atoms with E-state index in [0.29, 0.717) is 18.5 Å². The van der Waals surface area contributed by atoms with E-state index in [1.807, 2.05) is 13.0 Å². The summed E-state index contributed by atoms with van der Waals surface area (Å²) in [7, 11) is -2.96. The molecule has 2 aliphatic heterocycles. The lowest BCUT2D eigenvalue weighted by atomic mass is 9.91. The third kappa shape index (κ3) is 2.00. The van der Waals surface area contributed by atoms with Gasteiger partial charge in [0.05, 0.1) is 10.5 Å². The zero-order valence-electron chi connectivity index (χ0n) is 10.9. The fraction of sp³-hybridized carbons (Fsp3) is 0.571. The molecule has 0 aromatic carbocycles. The number of aromatic nitrogens is 1. The van der Waals surface area contributed by atoms with Crippen molar-refractivity contribution in [1.82, 2.24) is 4.98 Å². The highest BCUT2D eigenvalue weighted by atomic mass is 32.2. The van der Waals surface area contributed by atoms with Crippen LogP contribution in [0.5, 0.6) is 0 Å². The minimum absolute atomic E-state index is 0.0184. The summed E-state index contributed by atoms with van der Waals surface area (Å²) in [6, 6.07) is 3.68. The zero-order chi connectivity index (χ0) is 13.6. The van der Waals surface area contributed by atoms with E-state index in [1.165, 1.54) is 0 Å². The van der Waals surface area contributed by atoms with E-state index in [1.54, 1.807) is 12.3 Å². The van der Waals surface area contributed by atoms with Crippen molar-refractivity contribution < 1.29 is 13.2 Å². The molecular formula is C14H17NO3S. The minimum atomic E-state index is -2.96. The first-order valence-corrected chi connectivity index (χ1v) is 8.29. The third-order valence-electron chi connectivity index (χ3n) is 4.45. The van der Waals surface area contributed by atoms with Crippen LogP contribution in [-0.4, -0.2) is 29.7 Å². The SMILES string of the molecule is Cc1cccnc1C(=O)C1CC2CCC(C1)S2(=O)=O. The van der Waals surface area contributed by atoms with Crippen molar-refractivity contribution in [3.63, 3.8) is 0 Å². The molecule has 2 saturated heterocycles. The molecule has 0 radical (unpaired) electrons. The molecular weight excluding hydrogens is 262 g/mol. The molecule has 1 aromatic rings. The molecule has 0 aliphatic carbocycles. The Morgan fingerprint density at radius 2 is 1.89 bits per heavy atom. The Hall–Kier alpha value is -1.23. The van der Waals surface area contributed by atoms with E-state index < -0.39 is 9.84 Å². The largest absolute Gasteiger partial charge is 0.292 e. The van der Waals surface area contributed by atoms with Crippen molar-refractivity contribution in [1.29, 1.82) is 0 Å². The monoisotopic (exact) mass is 279 g/mol. The maximum atomic E-state index is 12.5. The van der Waals surface area contributed by atoms with E-state index >= 15 is 0 Å². The molecule has 19 heavy (non-hydrogen) atoms. The highest BCUT2D eigenvalue weighted by Gasteiger charge is 2.48. The van der Waals surface area contributed by atoms with E-state index in [-0.39, 0.29) is 22.2 Å². The van der Waals surface area contributed by atoms with Gasteiger partial charge in [0, 0.05) is 12.1 Å². The minimum Gasteiger partial charge on any atom is -0.292 e. The maximum absolute atomic E-state index is 12.5. The molecule has 4 nitrogen and oxygen atoms in total. The summed E-state index contributed by atoms with van der Waals surface area (Å²) >= 11 is 0. The van der Waals surface area contributed by atoms with Crippen molar-refractivity contribution in [2.75, 3.05) is 0 Å². The van der Waals surface area contributed by atoms with Gasteiger partial charge in [-0.25, -0.2) is 8.42 Å². The number of fused-ring (bicyclic) bond motifs is 2. The number of carbonyl (C=O) groups is 1. The first kappa shape index (κ1) is 12.8. The number of pyridine rings is 1. The molecule has 0 spiro atoms. The van der Waals surface area contributed by atoms with E-state index in [0.717, 1.165) is 18.4 Å². The van der Waals surface area contributed by atoms with Crippen LogP contribution >= 0.6 is 0 Å². The first-order chi connectivity index (χ1) is 9.00. The van der Waals surface area contributed by atoms with Crippen LogP contribution < -0.4 is 0 Å². The highest BCUT2D eigenvalue weighted by Crippen LogP contribution is 2.42. The molecule has 2 fully saturated rings. The summed E-state index contributed by atoms with van der Waals surface area (Å²) in [4.78, 5) is 16.7. The molecule has 0 saturated carbocycles. The number of sulfone groups is 1. The van der Waals surface area contributed by atoms with Crippen LogP contribution in [0, 0.1) is 12.8 Å². The molecule has 2 atom stereocenters. The van der Waals surface area contributed by atoms with Gasteiger partial charge >= 0.3 is 0 Å². The van der Waals surface area contributed by atoms with Crippen LogP contribution in [0.2, 0.25) is 0 Å². The van der Waals surface area contributed by atoms with Crippen molar-refractivity contribution in [2.45, 2.75) is 43.1 Å². The van der Waals surface area contributed by atoms with Gasteiger partial charge < -0.3 is 0 Å². The smallest absolute Gasteiger partial charge is 0.184 e. The van der Waals surface area contributed by atoms with Crippen molar-refractivity contribution >= 4 is 15.6 Å². The summed E-state index contributed by atoms with van der Waals surface area (Å²) in [5.74, 6) is -0.153. The van der Waals surface area contributed by atoms with E-state index in [9.17, 15) is 13.2 Å². The fourth-order valence-corrected chi connectivity index (χ4v) is 5.83. The van der Waals surface area contributed by atoms with Crippen LogP contribution in [0.3, 0.4) is 0 Å². The number of carbonyl (C=O) groups excluding carboxylic acids is 1. The Balaban J connectivity index is 1.86. The Labute approximate surface area is 113 Å². The van der Waals surface area contributed by atoms with Gasteiger partial charge in [0.25, 0.3) is 0 Å². The summed E-state index contributed by atoms with van der Waals surface area (Å²) in [5.41, 5.74) is 1.37. The number of ketones is 1. The van der Waals surface area contributed by atoms with Gasteiger partial charge in [-0.3, -0.25) is 9.78 Å². The van der Waals surface area contributed by atoms with Crippen LogP contribution in [0.1, 0.15) is 41.7 Å². The number of hydrogen-bond acceptors (Lipinski definition) is 4. The summed E-state index contributed by atoms with van der Waals surface area (Å²) in [5, 5.41) is -0.603. The van der Waals surface area contributed by atoms with Crippen LogP contribution in [-0.2, 0) is 9.84 Å². The Kier molecular flexibility index (Phi) is 2.96. The molecule has 5 heteroatoms. The molecule has 0 N–H and O–H groups in total. The van der Waals surface area contributed by atoms with Gasteiger partial charge in [0.1, 0.15) is 5.69 Å². The highest BCUT2D eigenvalue weighted by molar-refractivity contribution is 7.93. The Morgan fingerprint density at radius 1 is 1.26 bits per heavy atom. The quantitative estimate of drug-likeness (QED) is 0.776. The van der Waals surface area contributed by atoms with Crippen molar-refractivity contribution in [3.8, 4) is 0 Å². The first-order valence-electron chi connectivity index (χ1n) is 6.68. The van der Waals surface area contributed by atoms with Crippen LogP contribution in [0.25, 0.3) is 0 Å². The van der Waals surface area contributed by atoms with Crippen molar-refractivity contribution in [2.24, 2.45) is 5.92 Å². The second-order valence-electron chi connectivity index (χ2n) is 5.61. The number of nitrogens with zero attached hydrogens (tertiary/aromatic N) is 1. The van der Waals surface area contributed by atoms with Crippen LogP contribution in [0.15, 0.2) is 18.3 Å². The maximum Gasteiger partial charge on any atom is 0.184 e. The van der Waals surface area contributed by atoms with Gasteiger partial charge in [0.2, 0.25) is 0 Å². The van der Waals surface area contributed by atoms with Crippen LogP contribution in [0.4, 0.5) is 0 Å². The number of aryl methyl sites for hydroxylation is 1. The van der Waals surface area contributed by atoms with Crippen molar-refractivity contribution in [3.05, 3.63) is 29.6 Å². The predicted molar refractivity (Wildman–Crippen MR) is 71.8 cm³/mol. The summed E-state index contributed by atoms with van der Waals surface area (Å²) in [6.45, 7) is 1.87. The zero-order valence-corrected chi connectivity index (χ0v) is 11.7. The van der Waals surface area contributed by atoms with Gasteiger partial charge in [-0.15, -0.1) is 0 Å². The predicted octanol–water partition coefficient (Wildman–Crippen LogP) is 1.93. The lowest BCUT2D eigenvalue weighted by Crippen LogP contribution is -2.36. The molecule has 3 heterocycles. The van der Waals surface area contributed by atoms with Gasteiger partial charge in [-0.2, -0.15) is 0 Å². The average molecular weight is 279 g/mol. The second kappa shape index (κ2) is 4.40. The lowest BCUT2D eigenvalue weighted by Gasteiger charge is -2.26. The van der Waals surface area contributed by atoms with E-state index in [2.05, 4.69) is 4.98 Å². The average Bonchev–Trinajstić information content (AvgIpc) is 2.58. The Morgan fingerprint density at radius 3 is 2.47 bits per heavy atom. The standard InChI is InChI=1S/C14H17NO3S/c1-9-3-2-6-15-13(9)14(16)10-7-11-4-5-12(8-10)19(11,17)18/h2-3,6,10-12H,4-5,7-8H2,1H3. The van der Waals surface area contributed by atoms with Gasteiger partial charge in [-0.1, -0.05) is 6.07 Å². The lowest BCUT2D eigenvalue weighted by molar-refractivity contribution is 0.0899. The Bertz CT molecular complexity index is 603. The van der Waals surface area contributed by atoms with Gasteiger partial charge in [0.15, 0.2) is 15.6 Å². The number of Topliss-reactive ketones (excluding diaryl/α,β-unsaturated/α-hetero) is 1. The molecule has 102 valence electrons. The molecule has 0 amide bonds. The fourth-order valence-electron chi connectivity index (χ4n) is 3.36. The van der Waals surface area contributed by atoms with E-state index in [4.69, 9.17) is 0 Å². The summed E-state index contributed by atoms with van der Waals surface area (Å²) in [6.07, 6.45) is 4.02. The molecule has 2 bridgehead atoms. The topological polar surface area (TPSA) is 64.1 Å².